The minimum atomic E-state index is -0.904. The van der Waals surface area contributed by atoms with E-state index in [1.54, 1.807) is 12.1 Å². The van der Waals surface area contributed by atoms with Crippen molar-refractivity contribution >= 4 is 11.9 Å². The summed E-state index contributed by atoms with van der Waals surface area (Å²) < 4.78 is 0. The highest BCUT2D eigenvalue weighted by Crippen LogP contribution is 2.20. The molecule has 1 heterocycles. The zero-order valence-electron chi connectivity index (χ0n) is 11.1. The second-order valence-corrected chi connectivity index (χ2v) is 4.90. The van der Waals surface area contributed by atoms with Crippen LogP contribution in [0.5, 0.6) is 0 Å². The molecule has 1 aliphatic rings. The van der Waals surface area contributed by atoms with Crippen LogP contribution in [0.25, 0.3) is 0 Å². The summed E-state index contributed by atoms with van der Waals surface area (Å²) >= 11 is 0. The van der Waals surface area contributed by atoms with Crippen LogP contribution >= 0.6 is 0 Å². The number of carboxylic acid groups (broad SMARTS) is 1. The lowest BCUT2D eigenvalue weighted by Gasteiger charge is -2.33. The molecule has 1 atom stereocenters. The summed E-state index contributed by atoms with van der Waals surface area (Å²) in [5.74, 6) is -1.08. The predicted molar refractivity (Wildman–Crippen MR) is 72.1 cm³/mol. The van der Waals surface area contributed by atoms with E-state index in [9.17, 15) is 14.7 Å². The molecular formula is C15H19NO3. The molecule has 2 rings (SSSR count). The molecule has 0 radical (unpaired) electrons. The maximum absolute atomic E-state index is 12.4. The van der Waals surface area contributed by atoms with Crippen molar-refractivity contribution in [2.75, 3.05) is 6.54 Å². The first kappa shape index (κ1) is 13.6. The van der Waals surface area contributed by atoms with Crippen LogP contribution in [-0.4, -0.2) is 34.5 Å². The Hall–Kier alpha value is -1.84. The molecule has 0 aromatic heterocycles. The number of hydrogen-bond donors (Lipinski definition) is 1. The molecule has 4 nitrogen and oxygen atoms in total. The Labute approximate surface area is 113 Å². The quantitative estimate of drug-likeness (QED) is 0.908. The number of rotatable bonds is 3. The zero-order valence-corrected chi connectivity index (χ0v) is 11.1. The lowest BCUT2D eigenvalue weighted by atomic mass is 10.0. The van der Waals surface area contributed by atoms with Gasteiger partial charge in [-0.2, -0.15) is 0 Å². The van der Waals surface area contributed by atoms with Gasteiger partial charge in [0, 0.05) is 12.1 Å². The first-order chi connectivity index (χ1) is 9.13. The Balaban J connectivity index is 2.18. The number of aliphatic carboxylic acids is 1. The lowest BCUT2D eigenvalue weighted by molar-refractivity contribution is -0.143. The maximum atomic E-state index is 12.4. The van der Waals surface area contributed by atoms with Gasteiger partial charge in [0.2, 0.25) is 0 Å². The minimum Gasteiger partial charge on any atom is -0.480 e. The predicted octanol–water partition coefficient (Wildman–Crippen LogP) is 2.33. The van der Waals surface area contributed by atoms with Crippen LogP contribution < -0.4 is 0 Å². The maximum Gasteiger partial charge on any atom is 0.326 e. The van der Waals surface area contributed by atoms with Crippen molar-refractivity contribution in [2.45, 2.75) is 38.6 Å². The van der Waals surface area contributed by atoms with Gasteiger partial charge in [0.1, 0.15) is 6.04 Å². The molecule has 1 aromatic carbocycles. The fourth-order valence-corrected chi connectivity index (χ4v) is 2.48. The van der Waals surface area contributed by atoms with Crippen molar-refractivity contribution in [3.63, 3.8) is 0 Å². The van der Waals surface area contributed by atoms with Crippen LogP contribution in [0.4, 0.5) is 0 Å². The molecule has 0 spiro atoms. The highest BCUT2D eigenvalue weighted by Gasteiger charge is 2.32. The van der Waals surface area contributed by atoms with Crippen LogP contribution in [0.3, 0.4) is 0 Å². The standard InChI is InChI=1S/C15H19NO3/c1-2-11-6-8-12(9-7-11)14(17)16-10-4-3-5-13(16)15(18)19/h6-9,13H,2-5,10H2,1H3,(H,18,19). The number of piperidine rings is 1. The fourth-order valence-electron chi connectivity index (χ4n) is 2.48. The third-order valence-corrected chi connectivity index (χ3v) is 3.66. The molecule has 19 heavy (non-hydrogen) atoms. The molecule has 4 heteroatoms. The van der Waals surface area contributed by atoms with Gasteiger partial charge in [0.15, 0.2) is 0 Å². The van der Waals surface area contributed by atoms with E-state index in [0.717, 1.165) is 19.3 Å². The summed E-state index contributed by atoms with van der Waals surface area (Å²) in [6, 6.07) is 6.75. The van der Waals surface area contributed by atoms with E-state index in [0.29, 0.717) is 18.5 Å². The number of aryl methyl sites for hydroxylation is 1. The number of amides is 1. The molecule has 0 saturated carbocycles. The van der Waals surface area contributed by atoms with E-state index in [2.05, 4.69) is 6.92 Å². The summed E-state index contributed by atoms with van der Waals surface area (Å²) in [5, 5.41) is 9.19. The van der Waals surface area contributed by atoms with Crippen molar-refractivity contribution in [1.82, 2.24) is 4.90 Å². The zero-order chi connectivity index (χ0) is 13.8. The largest absolute Gasteiger partial charge is 0.480 e. The molecule has 1 fully saturated rings. The topological polar surface area (TPSA) is 57.6 Å². The average molecular weight is 261 g/mol. The van der Waals surface area contributed by atoms with Gasteiger partial charge < -0.3 is 10.0 Å². The van der Waals surface area contributed by atoms with Gasteiger partial charge in [-0.15, -0.1) is 0 Å². The lowest BCUT2D eigenvalue weighted by Crippen LogP contribution is -2.47. The molecule has 1 N–H and O–H groups in total. The number of benzene rings is 1. The Morgan fingerprint density at radius 1 is 1.26 bits per heavy atom. The molecule has 1 saturated heterocycles. The van der Waals surface area contributed by atoms with Crippen molar-refractivity contribution in [3.8, 4) is 0 Å². The van der Waals surface area contributed by atoms with Crippen molar-refractivity contribution in [3.05, 3.63) is 35.4 Å². The molecular weight excluding hydrogens is 242 g/mol. The van der Waals surface area contributed by atoms with Crippen molar-refractivity contribution in [1.29, 1.82) is 0 Å². The molecule has 0 aliphatic carbocycles. The summed E-state index contributed by atoms with van der Waals surface area (Å²) in [6.07, 6.45) is 3.22. The Morgan fingerprint density at radius 3 is 2.53 bits per heavy atom. The Morgan fingerprint density at radius 2 is 1.95 bits per heavy atom. The number of likely N-dealkylation sites (tertiary alicyclic amines) is 1. The normalized spacial score (nSPS) is 19.2. The average Bonchev–Trinajstić information content (AvgIpc) is 2.46. The fraction of sp³-hybridized carbons (Fsp3) is 0.467. The Bertz CT molecular complexity index is 467. The highest BCUT2D eigenvalue weighted by atomic mass is 16.4. The van der Waals surface area contributed by atoms with Gasteiger partial charge in [0.25, 0.3) is 5.91 Å². The van der Waals surface area contributed by atoms with E-state index >= 15 is 0 Å². The van der Waals surface area contributed by atoms with Crippen LogP contribution in [0.1, 0.15) is 42.1 Å². The van der Waals surface area contributed by atoms with Crippen LogP contribution in [-0.2, 0) is 11.2 Å². The van der Waals surface area contributed by atoms with Gasteiger partial charge >= 0.3 is 5.97 Å². The van der Waals surface area contributed by atoms with E-state index in [1.165, 1.54) is 10.5 Å². The Kier molecular flexibility index (Phi) is 4.20. The van der Waals surface area contributed by atoms with Gasteiger partial charge in [-0.25, -0.2) is 4.79 Å². The molecule has 1 unspecified atom stereocenters. The van der Waals surface area contributed by atoms with Crippen LogP contribution in [0.15, 0.2) is 24.3 Å². The van der Waals surface area contributed by atoms with Gasteiger partial charge in [-0.05, 0) is 43.4 Å². The number of carboxylic acids is 1. The summed E-state index contributed by atoms with van der Waals surface area (Å²) in [5.41, 5.74) is 1.75. The third kappa shape index (κ3) is 2.95. The van der Waals surface area contributed by atoms with Gasteiger partial charge in [-0.3, -0.25) is 4.79 Å². The monoisotopic (exact) mass is 261 g/mol. The van der Waals surface area contributed by atoms with Crippen molar-refractivity contribution < 1.29 is 14.7 Å². The summed E-state index contributed by atoms with van der Waals surface area (Å²) in [4.78, 5) is 25.1. The first-order valence-electron chi connectivity index (χ1n) is 6.76. The SMILES string of the molecule is CCc1ccc(C(=O)N2CCCCC2C(=O)O)cc1. The van der Waals surface area contributed by atoms with Gasteiger partial charge in [0.05, 0.1) is 0 Å². The minimum absolute atomic E-state index is 0.172. The van der Waals surface area contributed by atoms with Gasteiger partial charge in [-0.1, -0.05) is 19.1 Å². The van der Waals surface area contributed by atoms with E-state index in [1.807, 2.05) is 12.1 Å². The van der Waals surface area contributed by atoms with E-state index < -0.39 is 12.0 Å². The molecule has 1 amide bonds. The third-order valence-electron chi connectivity index (χ3n) is 3.66. The van der Waals surface area contributed by atoms with Crippen LogP contribution in [0, 0.1) is 0 Å². The number of carbonyl (C=O) groups excluding carboxylic acids is 1. The van der Waals surface area contributed by atoms with E-state index in [4.69, 9.17) is 0 Å². The molecule has 1 aromatic rings. The smallest absolute Gasteiger partial charge is 0.326 e. The number of hydrogen-bond acceptors (Lipinski definition) is 2. The second kappa shape index (κ2) is 5.87. The second-order valence-electron chi connectivity index (χ2n) is 4.90. The number of nitrogens with zero attached hydrogens (tertiary/aromatic N) is 1. The summed E-state index contributed by atoms with van der Waals surface area (Å²) in [6.45, 7) is 2.59. The van der Waals surface area contributed by atoms with E-state index in [-0.39, 0.29) is 5.91 Å². The first-order valence-corrected chi connectivity index (χ1v) is 6.76. The molecule has 0 bridgehead atoms. The summed E-state index contributed by atoms with van der Waals surface area (Å²) in [7, 11) is 0. The number of carbonyl (C=O) groups is 2. The molecule has 1 aliphatic heterocycles. The molecule has 102 valence electrons. The highest BCUT2D eigenvalue weighted by molar-refractivity contribution is 5.96. The van der Waals surface area contributed by atoms with Crippen LogP contribution in [0.2, 0.25) is 0 Å². The van der Waals surface area contributed by atoms with Crippen molar-refractivity contribution in [2.24, 2.45) is 0 Å².